The van der Waals surface area contributed by atoms with E-state index in [0.29, 0.717) is 12.3 Å². The zero-order valence-electron chi connectivity index (χ0n) is 15.6. The van der Waals surface area contributed by atoms with Gasteiger partial charge in [-0.15, -0.1) is 0 Å². The maximum Gasteiger partial charge on any atom is 0.411 e. The van der Waals surface area contributed by atoms with Gasteiger partial charge in [-0.3, -0.25) is 5.32 Å². The number of carbonyl (C=O) groups excluding carboxylic acids is 1. The van der Waals surface area contributed by atoms with Crippen LogP contribution in [-0.2, 0) is 4.74 Å². The van der Waals surface area contributed by atoms with Gasteiger partial charge in [0.25, 0.3) is 0 Å². The molecule has 0 unspecified atom stereocenters. The molecule has 0 saturated carbocycles. The van der Waals surface area contributed by atoms with Gasteiger partial charge in [0.2, 0.25) is 0 Å². The summed E-state index contributed by atoms with van der Waals surface area (Å²) in [6.45, 7) is 8.22. The molecule has 1 aliphatic heterocycles. The lowest BCUT2D eigenvalue weighted by molar-refractivity contribution is 0.0586. The van der Waals surface area contributed by atoms with Crippen LogP contribution in [0.5, 0.6) is 5.75 Å². The number of hydrogen-bond donors (Lipinski definition) is 1. The van der Waals surface area contributed by atoms with Crippen LogP contribution in [0.3, 0.4) is 0 Å². The fraction of sp³-hybridized carbons (Fsp3) is 0.650. The minimum atomic E-state index is -0.377. The molecular weight excluding hydrogens is 316 g/mol. The van der Waals surface area contributed by atoms with Crippen LogP contribution in [0, 0.1) is 0 Å². The van der Waals surface area contributed by atoms with Crippen molar-refractivity contribution in [1.29, 1.82) is 0 Å². The summed E-state index contributed by atoms with van der Waals surface area (Å²) in [6.07, 6.45) is 6.05. The molecule has 0 radical (unpaired) electrons. The van der Waals surface area contributed by atoms with E-state index in [2.05, 4.69) is 24.1 Å². The highest BCUT2D eigenvalue weighted by Gasteiger charge is 2.21. The molecule has 5 nitrogen and oxygen atoms in total. The quantitative estimate of drug-likeness (QED) is 0.658. The van der Waals surface area contributed by atoms with Crippen molar-refractivity contribution in [3.8, 4) is 5.75 Å². The number of anilines is 1. The number of piperidine rings is 1. The van der Waals surface area contributed by atoms with E-state index in [1.165, 1.54) is 12.8 Å². The zero-order chi connectivity index (χ0) is 17.9. The highest BCUT2D eigenvalue weighted by molar-refractivity contribution is 5.84. The van der Waals surface area contributed by atoms with Crippen LogP contribution in [-0.4, -0.2) is 43.3 Å². The van der Waals surface area contributed by atoms with Crippen molar-refractivity contribution < 1.29 is 14.3 Å². The van der Waals surface area contributed by atoms with Crippen molar-refractivity contribution in [2.24, 2.45) is 0 Å². The summed E-state index contributed by atoms with van der Waals surface area (Å²) < 4.78 is 11.2. The minimum Gasteiger partial charge on any atom is -0.494 e. The predicted molar refractivity (Wildman–Crippen MR) is 101 cm³/mol. The van der Waals surface area contributed by atoms with Crippen molar-refractivity contribution in [3.05, 3.63) is 24.3 Å². The second-order valence-electron chi connectivity index (χ2n) is 6.65. The number of likely N-dealkylation sites (tertiary alicyclic amines) is 1. The molecule has 1 amide bonds. The monoisotopic (exact) mass is 348 g/mol. The molecule has 1 aromatic carbocycles. The van der Waals surface area contributed by atoms with Gasteiger partial charge in [-0.05, 0) is 44.4 Å². The Bertz CT molecular complexity index is 513. The number of nitrogens with one attached hydrogen (secondary N) is 1. The van der Waals surface area contributed by atoms with Crippen LogP contribution in [0.25, 0.3) is 0 Å². The molecule has 0 spiro atoms. The van der Waals surface area contributed by atoms with E-state index in [-0.39, 0.29) is 12.2 Å². The zero-order valence-corrected chi connectivity index (χ0v) is 15.6. The second-order valence-corrected chi connectivity index (χ2v) is 6.65. The molecule has 1 fully saturated rings. The lowest BCUT2D eigenvalue weighted by Gasteiger charge is -2.31. The number of rotatable bonds is 9. The number of benzene rings is 1. The highest BCUT2D eigenvalue weighted by atomic mass is 16.6. The number of unbranched alkanes of at least 4 members (excludes halogenated alkanes) is 2. The molecule has 2 rings (SSSR count). The van der Waals surface area contributed by atoms with E-state index < -0.39 is 0 Å². The smallest absolute Gasteiger partial charge is 0.411 e. The van der Waals surface area contributed by atoms with E-state index in [9.17, 15) is 4.79 Å². The maximum absolute atomic E-state index is 12.1. The SMILES string of the molecule is CCCCOc1cccc(NC(=O)OC2CCN(CCCC)CC2)c1. The number of carbonyl (C=O) groups is 1. The number of nitrogens with zero attached hydrogens (tertiary/aromatic N) is 1. The molecule has 0 aliphatic carbocycles. The molecule has 140 valence electrons. The number of hydrogen-bond acceptors (Lipinski definition) is 4. The Kier molecular flexibility index (Phi) is 8.60. The Morgan fingerprint density at radius 1 is 1.20 bits per heavy atom. The Labute approximate surface area is 151 Å². The fourth-order valence-corrected chi connectivity index (χ4v) is 2.93. The summed E-state index contributed by atoms with van der Waals surface area (Å²) in [6, 6.07) is 7.47. The molecule has 1 aromatic rings. The average Bonchev–Trinajstić information content (AvgIpc) is 2.62. The van der Waals surface area contributed by atoms with Gasteiger partial charge in [-0.2, -0.15) is 0 Å². The lowest BCUT2D eigenvalue weighted by atomic mass is 10.1. The van der Waals surface area contributed by atoms with Crippen molar-refractivity contribution in [2.75, 3.05) is 31.6 Å². The molecule has 0 aromatic heterocycles. The third-order valence-electron chi connectivity index (χ3n) is 4.48. The lowest BCUT2D eigenvalue weighted by Crippen LogP contribution is -2.38. The highest BCUT2D eigenvalue weighted by Crippen LogP contribution is 2.19. The molecule has 25 heavy (non-hydrogen) atoms. The van der Waals surface area contributed by atoms with Gasteiger partial charge in [0.05, 0.1) is 6.61 Å². The Morgan fingerprint density at radius 3 is 2.68 bits per heavy atom. The van der Waals surface area contributed by atoms with E-state index in [1.807, 2.05) is 24.3 Å². The van der Waals surface area contributed by atoms with E-state index in [4.69, 9.17) is 9.47 Å². The first-order valence-electron chi connectivity index (χ1n) is 9.64. The van der Waals surface area contributed by atoms with Gasteiger partial charge in [0.1, 0.15) is 11.9 Å². The summed E-state index contributed by atoms with van der Waals surface area (Å²) in [5, 5.41) is 2.81. The van der Waals surface area contributed by atoms with Gasteiger partial charge in [-0.25, -0.2) is 4.79 Å². The molecule has 1 heterocycles. The van der Waals surface area contributed by atoms with Gasteiger partial charge in [0, 0.05) is 24.8 Å². The van der Waals surface area contributed by atoms with Crippen LogP contribution in [0.1, 0.15) is 52.4 Å². The molecule has 5 heteroatoms. The van der Waals surface area contributed by atoms with Crippen LogP contribution < -0.4 is 10.1 Å². The standard InChI is InChI=1S/C20H32N2O3/c1-3-5-12-22-13-10-18(11-14-22)25-20(23)21-17-8-7-9-19(16-17)24-15-6-4-2/h7-9,16,18H,3-6,10-15H2,1-2H3,(H,21,23). The van der Waals surface area contributed by atoms with Crippen molar-refractivity contribution in [2.45, 2.75) is 58.5 Å². The summed E-state index contributed by atoms with van der Waals surface area (Å²) in [5.41, 5.74) is 0.708. The van der Waals surface area contributed by atoms with Gasteiger partial charge in [-0.1, -0.05) is 32.8 Å². The third kappa shape index (κ3) is 7.34. The molecule has 0 atom stereocenters. The first-order chi connectivity index (χ1) is 12.2. The normalized spacial score (nSPS) is 15.8. The topological polar surface area (TPSA) is 50.8 Å². The Morgan fingerprint density at radius 2 is 1.96 bits per heavy atom. The summed E-state index contributed by atoms with van der Waals surface area (Å²) in [5.74, 6) is 0.774. The van der Waals surface area contributed by atoms with Gasteiger partial charge < -0.3 is 14.4 Å². The average molecular weight is 348 g/mol. The number of amides is 1. The van der Waals surface area contributed by atoms with Crippen LogP contribution in [0.2, 0.25) is 0 Å². The first-order valence-corrected chi connectivity index (χ1v) is 9.64. The minimum absolute atomic E-state index is 0.0156. The van der Waals surface area contributed by atoms with Crippen LogP contribution in [0.4, 0.5) is 10.5 Å². The molecule has 0 bridgehead atoms. The van der Waals surface area contributed by atoms with Crippen molar-refractivity contribution in [3.63, 3.8) is 0 Å². The molecule has 1 saturated heterocycles. The van der Waals surface area contributed by atoms with Crippen molar-refractivity contribution in [1.82, 2.24) is 4.90 Å². The van der Waals surface area contributed by atoms with Crippen molar-refractivity contribution >= 4 is 11.8 Å². The second kappa shape index (κ2) is 11.0. The Balaban J connectivity index is 1.72. The van der Waals surface area contributed by atoms with E-state index in [1.54, 1.807) is 0 Å². The first kappa shape index (κ1) is 19.6. The van der Waals surface area contributed by atoms with Crippen LogP contribution >= 0.6 is 0 Å². The van der Waals surface area contributed by atoms with E-state index in [0.717, 1.165) is 51.1 Å². The summed E-state index contributed by atoms with van der Waals surface area (Å²) >= 11 is 0. The Hall–Kier alpha value is -1.75. The summed E-state index contributed by atoms with van der Waals surface area (Å²) in [4.78, 5) is 14.6. The van der Waals surface area contributed by atoms with Gasteiger partial charge in [0.15, 0.2) is 0 Å². The largest absolute Gasteiger partial charge is 0.494 e. The van der Waals surface area contributed by atoms with E-state index >= 15 is 0 Å². The predicted octanol–water partition coefficient (Wildman–Crippen LogP) is 4.68. The fourth-order valence-electron chi connectivity index (χ4n) is 2.93. The molecule has 1 N–H and O–H groups in total. The summed E-state index contributed by atoms with van der Waals surface area (Å²) in [7, 11) is 0. The maximum atomic E-state index is 12.1. The van der Waals surface area contributed by atoms with Gasteiger partial charge >= 0.3 is 6.09 Å². The number of ether oxygens (including phenoxy) is 2. The molecule has 1 aliphatic rings. The molecular formula is C20H32N2O3. The van der Waals surface area contributed by atoms with Crippen LogP contribution in [0.15, 0.2) is 24.3 Å². The third-order valence-corrected chi connectivity index (χ3v) is 4.48.